The van der Waals surface area contributed by atoms with Crippen LogP contribution in [0.15, 0.2) is 0 Å². The summed E-state index contributed by atoms with van der Waals surface area (Å²) in [6.07, 6.45) is 6.12. The second-order valence-electron chi connectivity index (χ2n) is 4.60. The maximum absolute atomic E-state index is 8.66. The highest BCUT2D eigenvalue weighted by Crippen LogP contribution is 2.33. The van der Waals surface area contributed by atoms with Crippen molar-refractivity contribution in [3.63, 3.8) is 0 Å². The summed E-state index contributed by atoms with van der Waals surface area (Å²) >= 11 is 0. The number of nitrogens with one attached hydrogen (secondary N) is 1. The van der Waals surface area contributed by atoms with Gasteiger partial charge in [-0.2, -0.15) is 0 Å². The fraction of sp³-hybridized carbons (Fsp3) is 1.00. The molecule has 1 aliphatic carbocycles. The van der Waals surface area contributed by atoms with Crippen LogP contribution in [-0.4, -0.2) is 24.3 Å². The Bertz CT molecular complexity index is 149. The molecule has 0 amide bonds. The average Bonchev–Trinajstić information content (AvgIpc) is 2.55. The number of hydrogen-bond donors (Lipinski definition) is 2. The Kier molecular flexibility index (Phi) is 5.49. The molecule has 1 rings (SSSR count). The molecule has 0 radical (unpaired) electrons. The number of hydrogen-bond acceptors (Lipinski definition) is 2. The van der Waals surface area contributed by atoms with Crippen molar-refractivity contribution >= 4 is 0 Å². The van der Waals surface area contributed by atoms with Gasteiger partial charge in [-0.05, 0) is 44.1 Å². The second-order valence-corrected chi connectivity index (χ2v) is 4.60. The molecule has 2 heteroatoms. The molecular formula is C12H25NO. The zero-order valence-corrected chi connectivity index (χ0v) is 9.63. The maximum atomic E-state index is 8.66. The van der Waals surface area contributed by atoms with Gasteiger partial charge in [0.1, 0.15) is 0 Å². The Morgan fingerprint density at radius 3 is 2.64 bits per heavy atom. The summed E-state index contributed by atoms with van der Waals surface area (Å²) in [6, 6.07) is 0.735. The molecular weight excluding hydrogens is 174 g/mol. The topological polar surface area (TPSA) is 32.3 Å². The normalized spacial score (nSPS) is 32.4. The van der Waals surface area contributed by atoms with Gasteiger partial charge >= 0.3 is 0 Å². The summed E-state index contributed by atoms with van der Waals surface area (Å²) in [6.45, 7) is 6.09. The van der Waals surface area contributed by atoms with E-state index in [1.807, 2.05) is 0 Å². The summed E-state index contributed by atoms with van der Waals surface area (Å²) in [5, 5.41) is 12.3. The first-order chi connectivity index (χ1) is 6.79. The summed E-state index contributed by atoms with van der Waals surface area (Å²) in [5.41, 5.74) is 0. The molecule has 0 aromatic rings. The molecule has 1 fully saturated rings. The van der Waals surface area contributed by atoms with Gasteiger partial charge in [-0.1, -0.05) is 20.3 Å². The Labute approximate surface area is 88.1 Å². The summed E-state index contributed by atoms with van der Waals surface area (Å²) in [7, 11) is 0. The molecule has 3 atom stereocenters. The standard InChI is InChI=1S/C12H25NO/c1-3-11-6-7-12(10(11)2)13-8-4-5-9-14/h10-14H,3-9H2,1-2H3. The first kappa shape index (κ1) is 12.0. The first-order valence-corrected chi connectivity index (χ1v) is 6.13. The lowest BCUT2D eigenvalue weighted by atomic mass is 9.93. The highest BCUT2D eigenvalue weighted by atomic mass is 16.2. The van der Waals surface area contributed by atoms with Gasteiger partial charge in [-0.15, -0.1) is 0 Å². The quantitative estimate of drug-likeness (QED) is 0.643. The molecule has 0 aromatic carbocycles. The van der Waals surface area contributed by atoms with E-state index in [4.69, 9.17) is 5.11 Å². The van der Waals surface area contributed by atoms with Gasteiger partial charge in [0, 0.05) is 12.6 Å². The number of aliphatic hydroxyl groups excluding tert-OH is 1. The SMILES string of the molecule is CCC1CCC(NCCCCO)C1C. The van der Waals surface area contributed by atoms with E-state index >= 15 is 0 Å². The van der Waals surface area contributed by atoms with Crippen molar-refractivity contribution < 1.29 is 5.11 Å². The molecule has 14 heavy (non-hydrogen) atoms. The van der Waals surface area contributed by atoms with E-state index in [-0.39, 0.29) is 0 Å². The lowest BCUT2D eigenvalue weighted by Crippen LogP contribution is -2.33. The van der Waals surface area contributed by atoms with Crippen LogP contribution >= 0.6 is 0 Å². The van der Waals surface area contributed by atoms with Gasteiger partial charge in [0.15, 0.2) is 0 Å². The highest BCUT2D eigenvalue weighted by molar-refractivity contribution is 4.86. The molecule has 2 N–H and O–H groups in total. The lowest BCUT2D eigenvalue weighted by Gasteiger charge is -2.20. The van der Waals surface area contributed by atoms with Crippen molar-refractivity contribution in [2.24, 2.45) is 11.8 Å². The molecule has 0 spiro atoms. The smallest absolute Gasteiger partial charge is 0.0431 e. The van der Waals surface area contributed by atoms with Crippen molar-refractivity contribution in [3.8, 4) is 0 Å². The van der Waals surface area contributed by atoms with Crippen molar-refractivity contribution in [1.82, 2.24) is 5.32 Å². The molecule has 1 saturated carbocycles. The zero-order chi connectivity index (χ0) is 10.4. The Hall–Kier alpha value is -0.0800. The number of aliphatic hydroxyl groups is 1. The third-order valence-electron chi connectivity index (χ3n) is 3.74. The van der Waals surface area contributed by atoms with Crippen molar-refractivity contribution in [1.29, 1.82) is 0 Å². The molecule has 0 aromatic heterocycles. The lowest BCUT2D eigenvalue weighted by molar-refractivity contribution is 0.279. The maximum Gasteiger partial charge on any atom is 0.0431 e. The van der Waals surface area contributed by atoms with Crippen molar-refractivity contribution in [2.45, 2.75) is 52.0 Å². The molecule has 0 aliphatic heterocycles. The zero-order valence-electron chi connectivity index (χ0n) is 9.63. The summed E-state index contributed by atoms with van der Waals surface area (Å²) in [5.74, 6) is 1.78. The predicted molar refractivity (Wildman–Crippen MR) is 60.3 cm³/mol. The average molecular weight is 199 g/mol. The van der Waals surface area contributed by atoms with Gasteiger partial charge in [0.25, 0.3) is 0 Å². The Balaban J connectivity index is 2.13. The molecule has 84 valence electrons. The molecule has 1 aliphatic rings. The minimum absolute atomic E-state index is 0.333. The van der Waals surface area contributed by atoms with Crippen molar-refractivity contribution in [2.75, 3.05) is 13.2 Å². The third-order valence-corrected chi connectivity index (χ3v) is 3.74. The largest absolute Gasteiger partial charge is 0.396 e. The summed E-state index contributed by atoms with van der Waals surface area (Å²) in [4.78, 5) is 0. The number of rotatable bonds is 6. The van der Waals surface area contributed by atoms with E-state index in [1.165, 1.54) is 19.3 Å². The Morgan fingerprint density at radius 1 is 1.29 bits per heavy atom. The van der Waals surface area contributed by atoms with Gasteiger partial charge in [-0.3, -0.25) is 0 Å². The number of unbranched alkanes of at least 4 members (excludes halogenated alkanes) is 1. The van der Waals surface area contributed by atoms with E-state index in [2.05, 4.69) is 19.2 Å². The van der Waals surface area contributed by atoms with Gasteiger partial charge in [0.2, 0.25) is 0 Å². The second kappa shape index (κ2) is 6.41. The van der Waals surface area contributed by atoms with Gasteiger partial charge < -0.3 is 10.4 Å². The van der Waals surface area contributed by atoms with Crippen LogP contribution in [0.25, 0.3) is 0 Å². The summed E-state index contributed by atoms with van der Waals surface area (Å²) < 4.78 is 0. The molecule has 0 bridgehead atoms. The predicted octanol–water partition coefficient (Wildman–Crippen LogP) is 2.17. The fourth-order valence-corrected chi connectivity index (χ4v) is 2.64. The molecule has 0 heterocycles. The van der Waals surface area contributed by atoms with E-state index < -0.39 is 0 Å². The minimum atomic E-state index is 0.333. The monoisotopic (exact) mass is 199 g/mol. The Morgan fingerprint density at radius 2 is 2.07 bits per heavy atom. The van der Waals surface area contributed by atoms with Crippen LogP contribution < -0.4 is 5.32 Å². The van der Waals surface area contributed by atoms with E-state index in [0.29, 0.717) is 6.61 Å². The van der Waals surface area contributed by atoms with E-state index in [9.17, 15) is 0 Å². The van der Waals surface area contributed by atoms with Crippen LogP contribution in [-0.2, 0) is 0 Å². The molecule has 3 unspecified atom stereocenters. The fourth-order valence-electron chi connectivity index (χ4n) is 2.64. The van der Waals surface area contributed by atoms with Crippen LogP contribution in [0.4, 0.5) is 0 Å². The van der Waals surface area contributed by atoms with Crippen LogP contribution in [0.5, 0.6) is 0 Å². The third kappa shape index (κ3) is 3.25. The minimum Gasteiger partial charge on any atom is -0.396 e. The van der Waals surface area contributed by atoms with Gasteiger partial charge in [0.05, 0.1) is 0 Å². The molecule has 2 nitrogen and oxygen atoms in total. The molecule has 0 saturated heterocycles. The highest BCUT2D eigenvalue weighted by Gasteiger charge is 2.30. The van der Waals surface area contributed by atoms with Crippen LogP contribution in [0.1, 0.15) is 46.0 Å². The van der Waals surface area contributed by atoms with Crippen molar-refractivity contribution in [3.05, 3.63) is 0 Å². The van der Waals surface area contributed by atoms with Crippen LogP contribution in [0.2, 0.25) is 0 Å². The van der Waals surface area contributed by atoms with E-state index in [0.717, 1.165) is 37.3 Å². The first-order valence-electron chi connectivity index (χ1n) is 6.13. The van der Waals surface area contributed by atoms with E-state index in [1.54, 1.807) is 0 Å². The van der Waals surface area contributed by atoms with Gasteiger partial charge in [-0.25, -0.2) is 0 Å². The van der Waals surface area contributed by atoms with Crippen LogP contribution in [0.3, 0.4) is 0 Å². The van der Waals surface area contributed by atoms with Crippen LogP contribution in [0, 0.1) is 11.8 Å².